The van der Waals surface area contributed by atoms with Crippen LogP contribution in [0.2, 0.25) is 0 Å². The smallest absolute Gasteiger partial charge is 0.263 e. The summed E-state index contributed by atoms with van der Waals surface area (Å²) in [6.45, 7) is 0.432. The van der Waals surface area contributed by atoms with Gasteiger partial charge in [-0.25, -0.2) is 0 Å². The molecule has 1 aromatic carbocycles. The van der Waals surface area contributed by atoms with Gasteiger partial charge in [0, 0.05) is 14.9 Å². The third-order valence-corrected chi connectivity index (χ3v) is 6.19. The second-order valence-corrected chi connectivity index (χ2v) is 8.49. The molecule has 0 saturated carbocycles. The van der Waals surface area contributed by atoms with Crippen LogP contribution >= 0.6 is 27.3 Å². The monoisotopic (exact) mass is 443 g/mol. The zero-order valence-electron chi connectivity index (χ0n) is 14.7. The number of halogens is 1. The summed E-state index contributed by atoms with van der Waals surface area (Å²) in [5, 5.41) is 14.3. The molecule has 4 rings (SSSR count). The van der Waals surface area contributed by atoms with E-state index in [0.29, 0.717) is 17.3 Å². The minimum Gasteiger partial charge on any atom is -0.506 e. The average Bonchev–Trinajstić information content (AvgIpc) is 3.20. The molecule has 1 N–H and O–H groups in total. The second-order valence-electron chi connectivity index (χ2n) is 6.36. The van der Waals surface area contributed by atoms with Crippen LogP contribution in [0.25, 0.3) is 22.6 Å². The Morgan fingerprint density at radius 2 is 2.07 bits per heavy atom. The Bertz CT molecular complexity index is 1150. The quantitative estimate of drug-likeness (QED) is 0.630. The van der Waals surface area contributed by atoms with Gasteiger partial charge in [-0.15, -0.1) is 11.3 Å². The average molecular weight is 444 g/mol. The van der Waals surface area contributed by atoms with Gasteiger partial charge in [0.2, 0.25) is 0 Å². The minimum atomic E-state index is -0.179. The maximum absolute atomic E-state index is 13.3. The van der Waals surface area contributed by atoms with Crippen LogP contribution < -0.4 is 20.9 Å². The Kier molecular flexibility index (Phi) is 4.93. The number of alkyl halides is 1. The van der Waals surface area contributed by atoms with E-state index in [0.717, 1.165) is 28.0 Å². The van der Waals surface area contributed by atoms with Crippen LogP contribution in [0, 0.1) is 0 Å². The number of pyridine rings is 1. The number of methoxy groups -OCH3 is 1. The summed E-state index contributed by atoms with van der Waals surface area (Å²) < 4.78 is 6.96. The first-order chi connectivity index (χ1) is 13.1. The number of aromatic nitrogens is 1. The predicted octanol–water partition coefficient (Wildman–Crippen LogP) is 3.07. The first-order valence-corrected chi connectivity index (χ1v) is 10.4. The molecular weight excluding hydrogens is 426 g/mol. The molecule has 0 amide bonds. The van der Waals surface area contributed by atoms with Gasteiger partial charge in [0.15, 0.2) is 0 Å². The Labute approximate surface area is 168 Å². The van der Waals surface area contributed by atoms with Crippen molar-refractivity contribution in [3.63, 3.8) is 0 Å². The van der Waals surface area contributed by atoms with Crippen LogP contribution in [-0.4, -0.2) is 21.6 Å². The number of hydrogen-bond donors (Lipinski definition) is 1. The summed E-state index contributed by atoms with van der Waals surface area (Å²) in [5.41, 5.74) is 1.18. The Balaban J connectivity index is 1.95. The van der Waals surface area contributed by atoms with Crippen LogP contribution in [0.1, 0.15) is 12.0 Å². The van der Waals surface area contributed by atoms with Crippen molar-refractivity contribution < 1.29 is 9.84 Å². The number of aromatic hydroxyl groups is 1. The molecule has 3 aromatic rings. The van der Waals surface area contributed by atoms with E-state index in [9.17, 15) is 9.90 Å². The van der Waals surface area contributed by atoms with Crippen LogP contribution in [0.5, 0.6) is 11.5 Å². The number of thiophene rings is 1. The van der Waals surface area contributed by atoms with Gasteiger partial charge < -0.3 is 14.4 Å². The highest BCUT2D eigenvalue weighted by Gasteiger charge is 2.19. The molecule has 0 aliphatic heterocycles. The summed E-state index contributed by atoms with van der Waals surface area (Å²) in [7, 11) is 1.63. The zero-order chi connectivity index (χ0) is 19.0. The molecule has 0 saturated heterocycles. The Morgan fingerprint density at radius 3 is 2.74 bits per heavy atom. The molecule has 27 heavy (non-hydrogen) atoms. The molecular formula is C21H18BrNO3S. The summed E-state index contributed by atoms with van der Waals surface area (Å²) in [6.07, 6.45) is 4.76. The lowest BCUT2D eigenvalue weighted by molar-refractivity contribution is 0.414. The molecule has 4 nitrogen and oxygen atoms in total. The number of benzene rings is 1. The molecule has 2 heterocycles. The normalized spacial score (nSPS) is 15.6. The summed E-state index contributed by atoms with van der Waals surface area (Å²) in [4.78, 5) is 14.2. The standard InChI is InChI=1S/C21H18BrNO3S/c1-26-15-7-4-13(5-8-15)12-23-17-9-6-14(22)11-16(17)20(24)19(21(23)25)18-3-2-10-27-18/h2-5,7-11,14,24H,6,12H2,1H3. The number of hydrogen-bond acceptors (Lipinski definition) is 4. The van der Waals surface area contributed by atoms with Gasteiger partial charge in [0.25, 0.3) is 5.56 Å². The maximum Gasteiger partial charge on any atom is 0.263 e. The van der Waals surface area contributed by atoms with Crippen molar-refractivity contribution in [2.75, 3.05) is 7.11 Å². The van der Waals surface area contributed by atoms with Crippen molar-refractivity contribution in [2.24, 2.45) is 0 Å². The highest BCUT2D eigenvalue weighted by molar-refractivity contribution is 9.09. The third kappa shape index (κ3) is 3.35. The SMILES string of the molecule is COc1ccc(Cn2c(=O)c(-c3cccs3)c(O)c3c2=CCC(Br)C=3)cc1. The van der Waals surface area contributed by atoms with Crippen molar-refractivity contribution in [1.82, 2.24) is 4.57 Å². The minimum absolute atomic E-state index is 0.0591. The molecule has 1 aliphatic rings. The van der Waals surface area contributed by atoms with Gasteiger partial charge in [-0.3, -0.25) is 4.79 Å². The van der Waals surface area contributed by atoms with Gasteiger partial charge in [-0.1, -0.05) is 46.3 Å². The molecule has 6 heteroatoms. The summed E-state index contributed by atoms with van der Waals surface area (Å²) in [6, 6.07) is 11.4. The number of fused-ring (bicyclic) bond motifs is 1. The van der Waals surface area contributed by atoms with Crippen molar-refractivity contribution in [1.29, 1.82) is 0 Å². The van der Waals surface area contributed by atoms with Gasteiger partial charge in [-0.2, -0.15) is 0 Å². The van der Waals surface area contributed by atoms with E-state index in [1.54, 1.807) is 11.7 Å². The van der Waals surface area contributed by atoms with Crippen LogP contribution in [-0.2, 0) is 6.54 Å². The Morgan fingerprint density at radius 1 is 1.30 bits per heavy atom. The van der Waals surface area contributed by atoms with Crippen molar-refractivity contribution >= 4 is 39.4 Å². The van der Waals surface area contributed by atoms with E-state index >= 15 is 0 Å². The van der Waals surface area contributed by atoms with Crippen LogP contribution in [0.15, 0.2) is 46.6 Å². The van der Waals surface area contributed by atoms with Crippen molar-refractivity contribution in [3.8, 4) is 21.9 Å². The highest BCUT2D eigenvalue weighted by Crippen LogP contribution is 2.27. The van der Waals surface area contributed by atoms with E-state index in [1.807, 2.05) is 53.9 Å². The van der Waals surface area contributed by atoms with E-state index in [-0.39, 0.29) is 16.1 Å². The van der Waals surface area contributed by atoms with E-state index in [4.69, 9.17) is 4.74 Å². The number of ether oxygens (including phenoxy) is 1. The van der Waals surface area contributed by atoms with Gasteiger partial charge >= 0.3 is 0 Å². The molecule has 138 valence electrons. The third-order valence-electron chi connectivity index (χ3n) is 4.67. The highest BCUT2D eigenvalue weighted by atomic mass is 79.9. The summed E-state index contributed by atoms with van der Waals surface area (Å²) in [5.74, 6) is 0.837. The number of rotatable bonds is 4. The lowest BCUT2D eigenvalue weighted by atomic mass is 10.1. The second kappa shape index (κ2) is 7.37. The molecule has 1 atom stereocenters. The lowest BCUT2D eigenvalue weighted by Crippen LogP contribution is -2.46. The molecule has 0 bridgehead atoms. The van der Waals surface area contributed by atoms with Crippen LogP contribution in [0.3, 0.4) is 0 Å². The van der Waals surface area contributed by atoms with Gasteiger partial charge in [-0.05, 0) is 35.6 Å². The van der Waals surface area contributed by atoms with E-state index in [1.165, 1.54) is 11.3 Å². The fourth-order valence-electron chi connectivity index (χ4n) is 3.32. The van der Waals surface area contributed by atoms with Gasteiger partial charge in [0.1, 0.15) is 11.5 Å². The fraction of sp³-hybridized carbons (Fsp3) is 0.190. The van der Waals surface area contributed by atoms with Crippen molar-refractivity contribution in [2.45, 2.75) is 17.8 Å². The van der Waals surface area contributed by atoms with Crippen molar-refractivity contribution in [3.05, 3.63) is 68.3 Å². The molecule has 2 aromatic heterocycles. The van der Waals surface area contributed by atoms with Gasteiger partial charge in [0.05, 0.1) is 24.6 Å². The summed E-state index contributed by atoms with van der Waals surface area (Å²) >= 11 is 5.04. The predicted molar refractivity (Wildman–Crippen MR) is 113 cm³/mol. The topological polar surface area (TPSA) is 51.5 Å². The molecule has 1 unspecified atom stereocenters. The van der Waals surface area contributed by atoms with E-state index < -0.39 is 0 Å². The lowest BCUT2D eigenvalue weighted by Gasteiger charge is -2.16. The largest absolute Gasteiger partial charge is 0.506 e. The molecule has 0 radical (unpaired) electrons. The maximum atomic E-state index is 13.3. The van der Waals surface area contributed by atoms with Crippen LogP contribution in [0.4, 0.5) is 0 Å². The van der Waals surface area contributed by atoms with E-state index in [2.05, 4.69) is 15.9 Å². The molecule has 1 aliphatic carbocycles. The zero-order valence-corrected chi connectivity index (χ0v) is 17.1. The molecule has 0 spiro atoms. The Hall–Kier alpha value is -2.31. The first-order valence-electron chi connectivity index (χ1n) is 8.57. The first kappa shape index (κ1) is 18.1. The number of nitrogens with zero attached hydrogens (tertiary/aromatic N) is 1. The fourth-order valence-corrected chi connectivity index (χ4v) is 4.53. The molecule has 0 fully saturated rings.